The summed E-state index contributed by atoms with van der Waals surface area (Å²) in [5, 5.41) is 34.3. The lowest BCUT2D eigenvalue weighted by atomic mass is 9.86. The van der Waals surface area contributed by atoms with Crippen LogP contribution in [0.5, 0.6) is 0 Å². The first-order valence-electron chi connectivity index (χ1n) is 37.4. The van der Waals surface area contributed by atoms with Gasteiger partial charge in [0.05, 0.1) is 54.6 Å². The van der Waals surface area contributed by atoms with Gasteiger partial charge in [-0.2, -0.15) is 10.2 Å². The lowest BCUT2D eigenvalue weighted by molar-refractivity contribution is 0.0516. The number of primary amides is 2. The number of hydrogen-bond acceptors (Lipinski definition) is 16. The van der Waals surface area contributed by atoms with E-state index in [1.54, 1.807) is 56.3 Å². The molecule has 6 N–H and O–H groups in total. The second-order valence-electron chi connectivity index (χ2n) is 35.0. The Labute approximate surface area is 708 Å². The van der Waals surface area contributed by atoms with E-state index in [0.717, 1.165) is 61.2 Å². The zero-order chi connectivity index (χ0) is 84.9. The molecule has 13 aromatic heterocycles. The van der Waals surface area contributed by atoms with E-state index in [1.807, 2.05) is 97.6 Å². The molecule has 0 saturated carbocycles. The molecule has 14 aromatic rings. The molecule has 0 aliphatic rings. The molecule has 0 aliphatic carbocycles. The molecule has 0 aliphatic heterocycles. The Morgan fingerprint density at radius 2 is 0.842 bits per heavy atom. The minimum atomic E-state index is -1.07. The summed E-state index contributed by atoms with van der Waals surface area (Å²) < 4.78 is 25.5. The number of methoxy groups -OCH3 is 1. The third kappa shape index (κ3) is 24.9. The highest BCUT2D eigenvalue weighted by molar-refractivity contribution is 6.05. The molecule has 14 rings (SSSR count). The average molecular weight is 1650 g/mol. The van der Waals surface area contributed by atoms with Gasteiger partial charge in [0.25, 0.3) is 11.8 Å². The molecule has 0 fully saturated rings. The van der Waals surface area contributed by atoms with E-state index in [-0.39, 0.29) is 106 Å². The number of carbonyl (C=O) groups excluding carboxylic acids is 4. The Bertz CT molecular complexity index is 5610. The number of fused-ring (bicyclic) bond motifs is 7. The van der Waals surface area contributed by atoms with E-state index < -0.39 is 23.8 Å². The van der Waals surface area contributed by atoms with Crippen LogP contribution in [0.15, 0.2) is 164 Å². The summed E-state index contributed by atoms with van der Waals surface area (Å²) in [7, 11) is 1.37. The van der Waals surface area contributed by atoms with Crippen molar-refractivity contribution in [3.63, 3.8) is 0 Å². The van der Waals surface area contributed by atoms with Gasteiger partial charge in [-0.3, -0.25) is 22.8 Å². The smallest absolute Gasteiger partial charge is 0.374 e. The topological polar surface area (TPSA) is 343 Å². The van der Waals surface area contributed by atoms with Crippen LogP contribution >= 0.6 is 0 Å². The molecule has 120 heavy (non-hydrogen) atoms. The Kier molecular flexibility index (Phi) is 34.9. The molecule has 13 heterocycles. The van der Waals surface area contributed by atoms with Gasteiger partial charge in [0.2, 0.25) is 5.82 Å². The van der Waals surface area contributed by atoms with Crippen molar-refractivity contribution >= 4 is 80.3 Å². The maximum absolute atomic E-state index is 11.8. The normalized spacial score (nSPS) is 11.3. The Morgan fingerprint density at radius 3 is 1.28 bits per heavy atom. The van der Waals surface area contributed by atoms with Gasteiger partial charge in [-0.25, -0.2) is 43.2 Å². The number of rotatable bonds is 7. The van der Waals surface area contributed by atoms with E-state index in [9.17, 15) is 28.8 Å². The second-order valence-corrected chi connectivity index (χ2v) is 35.0. The van der Waals surface area contributed by atoms with Crippen molar-refractivity contribution in [2.45, 2.75) is 249 Å². The highest BCUT2D eigenvalue weighted by Gasteiger charge is 2.25. The lowest BCUT2D eigenvalue weighted by Crippen LogP contribution is -2.17. The lowest BCUT2D eigenvalue weighted by Gasteiger charge is -2.19. The summed E-state index contributed by atoms with van der Waals surface area (Å²) in [6, 6.07) is 29.6. The molecular formula is C94H133N15O11. The van der Waals surface area contributed by atoms with Gasteiger partial charge in [-0.1, -0.05) is 220 Å². The zero-order valence-electron chi connectivity index (χ0n) is 70.3. The van der Waals surface area contributed by atoms with Gasteiger partial charge in [-0.05, 0) is 158 Å². The summed E-state index contributed by atoms with van der Waals surface area (Å²) in [5.41, 5.74) is 28.3. The molecule has 26 nitrogen and oxygen atoms in total. The van der Waals surface area contributed by atoms with Crippen molar-refractivity contribution in [2.24, 2.45) is 11.5 Å². The number of aromatic carboxylic acids is 2. The number of hydrogen-bond donors (Lipinski definition) is 4. The number of furan rings is 1. The number of aryl methyl sites for hydroxylation is 2. The minimum Gasteiger partial charge on any atom is -0.478 e. The number of nitrogens with two attached hydrogens (primary N) is 2. The standard InChI is InChI=1S/C14H18N2O2.C13H17N3O.C13H16N2O2.C13H15NO2.C12H14N2O2.C12H16N2.C11H13N3O2.6CH4/c1-5-18-13(17)11-8-15-12-7-6-10(9-16(11)12)14(2,3)4;1-8-11(12(14)17)16-7-9(13(2,3)4)5-6-10(16)15-8;1-13(2,3)9-5-6-15-11(7-9)10(8-14-15)12(16)17-4;1-13(2,3)8-4-5-11-9(6-8)10(7-16-11)12(14)15;1-12(2,3)8-4-5-14-10(6-8)9(7-13-14)11(15)16;1-9-7-13-11-6-5-10(8-14(9)11)12(2,3)4;1-11(2,3)7-4-5-8-12-13-9(10(15)16)14(8)6-7;;;;;;/h6-9H,5H2,1-4H3;5-7H,1-4H3,(H2,14,17);5-8H,1-4H3;4-7H,1-3H3,(H2,14,15);4-7H,1-3H3,(H,15,16);5-8H,1-4H3;4-6H,1-3H3,(H,15,16);6*1H4. The van der Waals surface area contributed by atoms with Crippen LogP contribution in [-0.4, -0.2) is 122 Å². The summed E-state index contributed by atoms with van der Waals surface area (Å²) in [4.78, 5) is 80.7. The van der Waals surface area contributed by atoms with Crippen molar-refractivity contribution < 1.29 is 52.9 Å². The summed E-state index contributed by atoms with van der Waals surface area (Å²) in [5.74, 6) is -3.66. The van der Waals surface area contributed by atoms with Gasteiger partial charge in [0.1, 0.15) is 45.6 Å². The van der Waals surface area contributed by atoms with Gasteiger partial charge >= 0.3 is 23.9 Å². The van der Waals surface area contributed by atoms with Crippen molar-refractivity contribution in [2.75, 3.05) is 13.7 Å². The van der Waals surface area contributed by atoms with Crippen molar-refractivity contribution in [3.05, 3.63) is 243 Å². The van der Waals surface area contributed by atoms with Crippen LogP contribution < -0.4 is 11.5 Å². The van der Waals surface area contributed by atoms with Crippen molar-refractivity contribution in [3.8, 4) is 0 Å². The van der Waals surface area contributed by atoms with Crippen LogP contribution in [0.3, 0.4) is 0 Å². The highest BCUT2D eigenvalue weighted by atomic mass is 16.5. The first kappa shape index (κ1) is 104. The quantitative estimate of drug-likeness (QED) is 0.108. The van der Waals surface area contributed by atoms with E-state index in [1.165, 1.54) is 41.4 Å². The minimum absolute atomic E-state index is 0. The monoisotopic (exact) mass is 1650 g/mol. The third-order valence-electron chi connectivity index (χ3n) is 18.9. The van der Waals surface area contributed by atoms with Crippen LogP contribution in [0.25, 0.3) is 44.6 Å². The van der Waals surface area contributed by atoms with E-state index in [2.05, 4.69) is 210 Å². The number of carboxylic acid groups (broad SMARTS) is 2. The molecule has 0 saturated heterocycles. The molecule has 2 amide bonds. The van der Waals surface area contributed by atoms with Crippen molar-refractivity contribution in [1.82, 2.24) is 62.0 Å². The molecular weight excluding hydrogens is 1520 g/mol. The Balaban J connectivity index is 0.000000471. The molecule has 26 heteroatoms. The molecule has 0 radical (unpaired) electrons. The largest absolute Gasteiger partial charge is 0.478 e. The SMILES string of the molecule is C.C.C.C.C.C.CC(C)(C)c1ccc2nnc(C(=O)O)n2c1.CC(C)(C)c1ccc2occ(C(N)=O)c2c1.CC(C)(C)c1ccn2ncc(C(=O)O)c2c1.CCOC(=O)c1cnc2ccc(C(C)(C)C)cn12.COC(=O)c1cnn2ccc(C(C)(C)C)cc12.Cc1cnc2ccc(C(C)(C)C)cn12.Cc1nc2ccc(C(C)(C)C)cn2c1C(N)=O. The number of esters is 2. The number of nitrogens with zero attached hydrogens (tertiary/aromatic N) is 13. The fourth-order valence-corrected chi connectivity index (χ4v) is 11.7. The maximum Gasteiger partial charge on any atom is 0.374 e. The molecule has 0 bridgehead atoms. The van der Waals surface area contributed by atoms with Crippen LogP contribution in [0.1, 0.15) is 310 Å². The molecule has 0 atom stereocenters. The van der Waals surface area contributed by atoms with Gasteiger partial charge in [0, 0.05) is 54.5 Å². The highest BCUT2D eigenvalue weighted by Crippen LogP contribution is 2.32. The van der Waals surface area contributed by atoms with Crippen LogP contribution in [-0.2, 0) is 47.4 Å². The average Bonchev–Trinajstić information content (AvgIpc) is 1.62. The summed E-state index contributed by atoms with van der Waals surface area (Å²) in [6.07, 6.45) is 19.3. The Morgan fingerprint density at radius 1 is 0.433 bits per heavy atom. The van der Waals surface area contributed by atoms with E-state index in [4.69, 9.17) is 35.6 Å². The number of carbonyl (C=O) groups is 6. The fraction of sp³-hybridized carbons (Fsp3) is 0.415. The number of benzene rings is 1. The van der Waals surface area contributed by atoms with E-state index >= 15 is 0 Å². The van der Waals surface area contributed by atoms with Crippen LogP contribution in [0.2, 0.25) is 0 Å². The summed E-state index contributed by atoms with van der Waals surface area (Å²) in [6.45, 7) is 50.7. The van der Waals surface area contributed by atoms with Gasteiger partial charge in [0.15, 0.2) is 11.3 Å². The van der Waals surface area contributed by atoms with Gasteiger partial charge in [-0.15, -0.1) is 10.2 Å². The first-order chi connectivity index (χ1) is 52.8. The number of imidazole rings is 3. The number of aromatic nitrogens is 13. The predicted octanol–water partition coefficient (Wildman–Crippen LogP) is 20.9. The molecule has 1 aromatic carbocycles. The van der Waals surface area contributed by atoms with Crippen LogP contribution in [0, 0.1) is 13.8 Å². The van der Waals surface area contributed by atoms with E-state index in [0.29, 0.717) is 51.6 Å². The second kappa shape index (κ2) is 40.4. The number of carboxylic acids is 2. The van der Waals surface area contributed by atoms with Gasteiger partial charge < -0.3 is 40.0 Å². The van der Waals surface area contributed by atoms with Crippen molar-refractivity contribution in [1.29, 1.82) is 0 Å². The fourth-order valence-electron chi connectivity index (χ4n) is 11.7. The van der Waals surface area contributed by atoms with Crippen LogP contribution in [0.4, 0.5) is 0 Å². The molecule has 0 unspecified atom stereocenters. The number of amides is 2. The molecule has 0 spiro atoms. The summed E-state index contributed by atoms with van der Waals surface area (Å²) >= 11 is 0. The first-order valence-corrected chi connectivity index (χ1v) is 37.4. The maximum atomic E-state index is 11.8. The Hall–Kier alpha value is -12.4. The zero-order valence-corrected chi connectivity index (χ0v) is 70.3. The third-order valence-corrected chi connectivity index (χ3v) is 18.9. The number of ether oxygens (including phenoxy) is 2. The number of pyridine rings is 6. The molecule has 650 valence electrons. The predicted molar refractivity (Wildman–Crippen MR) is 484 cm³/mol.